The maximum absolute atomic E-state index is 11.8. The first kappa shape index (κ1) is 13.9. The number of hydrogen-bond donors (Lipinski definition) is 0. The van der Waals surface area contributed by atoms with Crippen LogP contribution in [0.15, 0.2) is 35.9 Å². The summed E-state index contributed by atoms with van der Waals surface area (Å²) in [6.07, 6.45) is 4.27. The summed E-state index contributed by atoms with van der Waals surface area (Å²) in [5, 5.41) is 20.3. The van der Waals surface area contributed by atoms with Crippen LogP contribution < -0.4 is 0 Å². The molecule has 1 aliphatic rings. The van der Waals surface area contributed by atoms with Crippen LogP contribution in [0.5, 0.6) is 0 Å². The Morgan fingerprint density at radius 1 is 1.40 bits per heavy atom. The molecule has 0 fully saturated rings. The fraction of sp³-hybridized carbons (Fsp3) is 0.333. The zero-order valence-corrected chi connectivity index (χ0v) is 10.9. The zero-order chi connectivity index (χ0) is 14.5. The van der Waals surface area contributed by atoms with Gasteiger partial charge in [0.05, 0.1) is 16.9 Å². The Morgan fingerprint density at radius 3 is 2.80 bits per heavy atom. The van der Waals surface area contributed by atoms with E-state index in [-0.39, 0.29) is 17.9 Å². The van der Waals surface area contributed by atoms with Crippen molar-refractivity contribution in [2.75, 3.05) is 0 Å². The molecule has 2 rings (SSSR count). The van der Waals surface area contributed by atoms with E-state index in [4.69, 9.17) is 0 Å². The van der Waals surface area contributed by atoms with Gasteiger partial charge in [0.15, 0.2) is 5.78 Å². The Kier molecular flexibility index (Phi) is 4.26. The van der Waals surface area contributed by atoms with Crippen molar-refractivity contribution in [1.29, 1.82) is 5.26 Å². The second-order valence-corrected chi connectivity index (χ2v) is 4.75. The third kappa shape index (κ3) is 2.91. The molecule has 0 spiro atoms. The maximum atomic E-state index is 11.8. The van der Waals surface area contributed by atoms with E-state index in [1.807, 2.05) is 6.08 Å². The summed E-state index contributed by atoms with van der Waals surface area (Å²) in [6, 6.07) is 8.29. The van der Waals surface area contributed by atoms with Crippen molar-refractivity contribution in [3.8, 4) is 6.07 Å². The highest BCUT2D eigenvalue weighted by Crippen LogP contribution is 2.32. The topological polar surface area (TPSA) is 84.0 Å². The van der Waals surface area contributed by atoms with E-state index in [9.17, 15) is 20.2 Å². The number of nitriles is 1. The third-order valence-corrected chi connectivity index (χ3v) is 3.45. The van der Waals surface area contributed by atoms with Gasteiger partial charge < -0.3 is 0 Å². The van der Waals surface area contributed by atoms with Crippen LogP contribution in [0, 0.1) is 21.4 Å². The van der Waals surface area contributed by atoms with Crippen LogP contribution in [0.2, 0.25) is 0 Å². The average molecular weight is 270 g/mol. The number of carbonyl (C=O) groups is 1. The van der Waals surface area contributed by atoms with Crippen LogP contribution in [0.25, 0.3) is 0 Å². The molecule has 0 radical (unpaired) electrons. The molecule has 0 unspecified atom stereocenters. The van der Waals surface area contributed by atoms with Crippen molar-refractivity contribution in [3.05, 3.63) is 51.6 Å². The molecular weight excluding hydrogens is 256 g/mol. The van der Waals surface area contributed by atoms with Crippen molar-refractivity contribution in [3.63, 3.8) is 0 Å². The molecule has 5 nitrogen and oxygen atoms in total. The van der Waals surface area contributed by atoms with Gasteiger partial charge in [0.2, 0.25) is 0 Å². The van der Waals surface area contributed by atoms with Gasteiger partial charge in [0, 0.05) is 18.1 Å². The number of rotatable bonds is 4. The molecule has 1 aromatic rings. The zero-order valence-electron chi connectivity index (χ0n) is 10.9. The molecule has 5 heteroatoms. The number of ketones is 1. The summed E-state index contributed by atoms with van der Waals surface area (Å²) in [6.45, 7) is 0. The van der Waals surface area contributed by atoms with Gasteiger partial charge in [-0.05, 0) is 24.8 Å². The molecule has 102 valence electrons. The minimum absolute atomic E-state index is 0.0510. The first-order chi connectivity index (χ1) is 9.63. The number of nitrogens with zero attached hydrogens (tertiary/aromatic N) is 2. The Morgan fingerprint density at radius 2 is 2.15 bits per heavy atom. The Labute approximate surface area is 116 Å². The second-order valence-electron chi connectivity index (χ2n) is 4.75. The number of allylic oxidation sites excluding steroid dienone is 2. The van der Waals surface area contributed by atoms with Gasteiger partial charge in [-0.2, -0.15) is 5.26 Å². The van der Waals surface area contributed by atoms with Crippen LogP contribution in [-0.4, -0.2) is 10.7 Å². The van der Waals surface area contributed by atoms with Gasteiger partial charge in [-0.15, -0.1) is 0 Å². The van der Waals surface area contributed by atoms with Gasteiger partial charge in [0.25, 0.3) is 5.69 Å². The third-order valence-electron chi connectivity index (χ3n) is 3.45. The lowest BCUT2D eigenvalue weighted by molar-refractivity contribution is -0.385. The highest BCUT2D eigenvalue weighted by atomic mass is 16.6. The lowest BCUT2D eigenvalue weighted by Gasteiger charge is -2.15. The average Bonchev–Trinajstić information content (AvgIpc) is 2.46. The van der Waals surface area contributed by atoms with E-state index < -0.39 is 10.8 Å². The van der Waals surface area contributed by atoms with Crippen LogP contribution in [-0.2, 0) is 4.79 Å². The van der Waals surface area contributed by atoms with E-state index in [2.05, 4.69) is 6.07 Å². The van der Waals surface area contributed by atoms with Crippen molar-refractivity contribution >= 4 is 11.5 Å². The molecule has 0 saturated heterocycles. The van der Waals surface area contributed by atoms with Crippen LogP contribution in [0.3, 0.4) is 0 Å². The lowest BCUT2D eigenvalue weighted by Crippen LogP contribution is -2.11. The number of para-hydroxylation sites is 1. The predicted octanol–water partition coefficient (Wildman–Crippen LogP) is 3.27. The maximum Gasteiger partial charge on any atom is 0.273 e. The molecule has 0 amide bonds. The van der Waals surface area contributed by atoms with Crippen molar-refractivity contribution in [2.45, 2.75) is 31.6 Å². The SMILES string of the molecule is N#C[C@@H](CC1=CCCCC1=O)c1ccccc1[N+](=O)[O-]. The van der Waals surface area contributed by atoms with Gasteiger partial charge in [-0.25, -0.2) is 0 Å². The molecule has 0 aromatic heterocycles. The fourth-order valence-corrected chi connectivity index (χ4v) is 2.40. The van der Waals surface area contributed by atoms with E-state index in [1.165, 1.54) is 6.07 Å². The largest absolute Gasteiger partial charge is 0.295 e. The van der Waals surface area contributed by atoms with Gasteiger partial charge >= 0.3 is 0 Å². The minimum atomic E-state index is -0.662. The Bertz CT molecular complexity index is 614. The summed E-state index contributed by atoms with van der Waals surface area (Å²) in [5.74, 6) is -0.611. The standard InChI is InChI=1S/C15H14N2O3/c16-10-12(9-11-5-1-4-8-15(11)18)13-6-2-3-7-14(13)17(19)20/h2-3,5-7,12H,1,4,8-9H2/t12-/m1/s1. The molecule has 0 bridgehead atoms. The predicted molar refractivity (Wildman–Crippen MR) is 73.0 cm³/mol. The summed E-state index contributed by atoms with van der Waals surface area (Å²) in [5.41, 5.74) is 0.933. The normalized spacial score (nSPS) is 16.1. The summed E-state index contributed by atoms with van der Waals surface area (Å²) >= 11 is 0. The first-order valence-corrected chi connectivity index (χ1v) is 6.48. The van der Waals surface area contributed by atoms with Crippen LogP contribution in [0.4, 0.5) is 5.69 Å². The monoisotopic (exact) mass is 270 g/mol. The van der Waals surface area contributed by atoms with E-state index in [1.54, 1.807) is 18.2 Å². The highest BCUT2D eigenvalue weighted by Gasteiger charge is 2.25. The van der Waals surface area contributed by atoms with Crippen LogP contribution in [0.1, 0.15) is 37.2 Å². The van der Waals surface area contributed by atoms with Crippen molar-refractivity contribution < 1.29 is 9.72 Å². The van der Waals surface area contributed by atoms with E-state index in [0.717, 1.165) is 12.8 Å². The number of Topliss-reactive ketones (excluding diaryl/α,β-unsaturated/α-hetero) is 1. The highest BCUT2D eigenvalue weighted by molar-refractivity contribution is 5.96. The summed E-state index contributed by atoms with van der Waals surface area (Å²) in [7, 11) is 0. The van der Waals surface area contributed by atoms with Gasteiger partial charge in [-0.1, -0.05) is 24.3 Å². The first-order valence-electron chi connectivity index (χ1n) is 6.48. The Hall–Kier alpha value is -2.48. The number of nitro groups is 1. The molecule has 0 heterocycles. The van der Waals surface area contributed by atoms with Gasteiger partial charge in [0.1, 0.15) is 0 Å². The Balaban J connectivity index is 2.30. The molecule has 0 aliphatic heterocycles. The second kappa shape index (κ2) is 6.11. The van der Waals surface area contributed by atoms with Gasteiger partial charge in [-0.3, -0.25) is 14.9 Å². The summed E-state index contributed by atoms with van der Waals surface area (Å²) in [4.78, 5) is 22.3. The molecule has 0 saturated carbocycles. The quantitative estimate of drug-likeness (QED) is 0.620. The smallest absolute Gasteiger partial charge is 0.273 e. The number of carbonyl (C=O) groups excluding carboxylic acids is 1. The van der Waals surface area contributed by atoms with E-state index in [0.29, 0.717) is 17.6 Å². The van der Waals surface area contributed by atoms with Crippen molar-refractivity contribution in [2.24, 2.45) is 0 Å². The fourth-order valence-electron chi connectivity index (χ4n) is 2.40. The molecule has 1 atom stereocenters. The molecule has 1 aromatic carbocycles. The minimum Gasteiger partial charge on any atom is -0.295 e. The van der Waals surface area contributed by atoms with Crippen LogP contribution >= 0.6 is 0 Å². The number of benzene rings is 1. The van der Waals surface area contributed by atoms with Crippen molar-refractivity contribution in [1.82, 2.24) is 0 Å². The lowest BCUT2D eigenvalue weighted by atomic mass is 9.87. The molecule has 20 heavy (non-hydrogen) atoms. The molecule has 0 N–H and O–H groups in total. The molecular formula is C15H14N2O3. The molecule has 1 aliphatic carbocycles. The van der Waals surface area contributed by atoms with E-state index >= 15 is 0 Å². The summed E-state index contributed by atoms with van der Waals surface area (Å²) < 4.78 is 0. The number of hydrogen-bond acceptors (Lipinski definition) is 4. The number of nitro benzene ring substituents is 1.